The standard InChI is InChI=1S/C13H26N2O2/c1-13(2,3)14-9-8-12(16)15-10-6-5-7-11(10)17-4/h10-11,14H,5-9H2,1-4H3,(H,15,16). The number of methoxy groups -OCH3 is 1. The van der Waals surface area contributed by atoms with Gasteiger partial charge in [-0.1, -0.05) is 0 Å². The van der Waals surface area contributed by atoms with Crippen LogP contribution in [0, 0.1) is 0 Å². The lowest BCUT2D eigenvalue weighted by atomic mass is 10.1. The highest BCUT2D eigenvalue weighted by atomic mass is 16.5. The number of amides is 1. The first-order valence-electron chi connectivity index (χ1n) is 6.49. The van der Waals surface area contributed by atoms with Gasteiger partial charge in [0.05, 0.1) is 12.1 Å². The van der Waals surface area contributed by atoms with E-state index in [-0.39, 0.29) is 23.6 Å². The van der Waals surface area contributed by atoms with Gasteiger partial charge >= 0.3 is 0 Å². The summed E-state index contributed by atoms with van der Waals surface area (Å²) in [5, 5.41) is 6.37. The number of rotatable bonds is 5. The molecule has 0 aromatic carbocycles. The average Bonchev–Trinajstić information content (AvgIpc) is 2.63. The zero-order valence-corrected chi connectivity index (χ0v) is 11.5. The topological polar surface area (TPSA) is 50.4 Å². The maximum Gasteiger partial charge on any atom is 0.221 e. The van der Waals surface area contributed by atoms with Crippen molar-refractivity contribution >= 4 is 5.91 Å². The Hall–Kier alpha value is -0.610. The van der Waals surface area contributed by atoms with Gasteiger partial charge in [0.15, 0.2) is 0 Å². The molecule has 0 aromatic rings. The molecule has 1 aliphatic rings. The summed E-state index contributed by atoms with van der Waals surface area (Å²) in [4.78, 5) is 11.7. The largest absolute Gasteiger partial charge is 0.379 e. The van der Waals surface area contributed by atoms with Gasteiger partial charge in [0.2, 0.25) is 5.91 Å². The Morgan fingerprint density at radius 3 is 2.65 bits per heavy atom. The maximum absolute atomic E-state index is 11.7. The Bertz CT molecular complexity index is 248. The number of hydrogen-bond donors (Lipinski definition) is 2. The van der Waals surface area contributed by atoms with Crippen molar-refractivity contribution in [2.24, 2.45) is 0 Å². The third-order valence-electron chi connectivity index (χ3n) is 3.11. The minimum atomic E-state index is 0.0721. The summed E-state index contributed by atoms with van der Waals surface area (Å²) in [6.07, 6.45) is 3.97. The molecule has 1 amide bonds. The highest BCUT2D eigenvalue weighted by molar-refractivity contribution is 5.76. The minimum absolute atomic E-state index is 0.0721. The van der Waals surface area contributed by atoms with Crippen LogP contribution in [0.25, 0.3) is 0 Å². The molecule has 0 aromatic heterocycles. The van der Waals surface area contributed by atoms with Gasteiger partial charge in [0, 0.05) is 25.6 Å². The SMILES string of the molecule is COC1CCCC1NC(=O)CCNC(C)(C)C. The van der Waals surface area contributed by atoms with Gasteiger partial charge in [-0.05, 0) is 40.0 Å². The average molecular weight is 242 g/mol. The zero-order valence-electron chi connectivity index (χ0n) is 11.5. The summed E-state index contributed by atoms with van der Waals surface area (Å²) < 4.78 is 5.35. The molecule has 0 heterocycles. The Morgan fingerprint density at radius 1 is 1.35 bits per heavy atom. The molecule has 1 fully saturated rings. The van der Waals surface area contributed by atoms with Crippen LogP contribution in [0.1, 0.15) is 46.5 Å². The molecule has 0 radical (unpaired) electrons. The molecule has 1 saturated carbocycles. The molecule has 0 saturated heterocycles. The van der Waals surface area contributed by atoms with E-state index in [0.717, 1.165) is 25.8 Å². The number of carbonyl (C=O) groups excluding carboxylic acids is 1. The second-order valence-electron chi connectivity index (χ2n) is 5.81. The van der Waals surface area contributed by atoms with Crippen LogP contribution in [0.5, 0.6) is 0 Å². The van der Waals surface area contributed by atoms with E-state index >= 15 is 0 Å². The lowest BCUT2D eigenvalue weighted by molar-refractivity contribution is -0.122. The molecule has 1 aliphatic carbocycles. The fraction of sp³-hybridized carbons (Fsp3) is 0.923. The van der Waals surface area contributed by atoms with E-state index in [1.165, 1.54) is 0 Å². The van der Waals surface area contributed by atoms with Gasteiger partial charge in [-0.15, -0.1) is 0 Å². The molecule has 17 heavy (non-hydrogen) atoms. The van der Waals surface area contributed by atoms with Gasteiger partial charge < -0.3 is 15.4 Å². The first-order chi connectivity index (χ1) is 7.92. The normalized spacial score (nSPS) is 24.9. The molecular weight excluding hydrogens is 216 g/mol. The van der Waals surface area contributed by atoms with E-state index in [2.05, 4.69) is 31.4 Å². The van der Waals surface area contributed by atoms with E-state index in [1.54, 1.807) is 7.11 Å². The highest BCUT2D eigenvalue weighted by Gasteiger charge is 2.28. The van der Waals surface area contributed by atoms with Gasteiger partial charge in [0.1, 0.15) is 0 Å². The van der Waals surface area contributed by atoms with E-state index in [9.17, 15) is 4.79 Å². The zero-order chi connectivity index (χ0) is 12.9. The molecule has 0 bridgehead atoms. The van der Waals surface area contributed by atoms with Crippen LogP contribution in [-0.4, -0.2) is 37.2 Å². The van der Waals surface area contributed by atoms with E-state index in [1.807, 2.05) is 0 Å². The smallest absolute Gasteiger partial charge is 0.221 e. The third-order valence-corrected chi connectivity index (χ3v) is 3.11. The summed E-state index contributed by atoms with van der Waals surface area (Å²) in [6, 6.07) is 0.210. The Kier molecular flexibility index (Phi) is 5.40. The van der Waals surface area contributed by atoms with Crippen molar-refractivity contribution in [3.63, 3.8) is 0 Å². The van der Waals surface area contributed by atoms with E-state index in [4.69, 9.17) is 4.74 Å². The van der Waals surface area contributed by atoms with Crippen molar-refractivity contribution in [3.05, 3.63) is 0 Å². The lowest BCUT2D eigenvalue weighted by Gasteiger charge is -2.22. The number of carbonyl (C=O) groups is 1. The fourth-order valence-electron chi connectivity index (χ4n) is 2.20. The predicted octanol–water partition coefficient (Wildman–Crippen LogP) is 1.45. The van der Waals surface area contributed by atoms with E-state index < -0.39 is 0 Å². The Morgan fingerprint density at radius 2 is 2.06 bits per heavy atom. The summed E-state index contributed by atoms with van der Waals surface area (Å²) in [5.74, 6) is 0.121. The molecule has 2 N–H and O–H groups in total. The quantitative estimate of drug-likeness (QED) is 0.767. The molecule has 4 nitrogen and oxygen atoms in total. The van der Waals surface area contributed by atoms with Crippen molar-refractivity contribution in [3.8, 4) is 0 Å². The molecule has 0 aliphatic heterocycles. The van der Waals surface area contributed by atoms with Crippen molar-refractivity contribution in [2.45, 2.75) is 64.1 Å². The molecule has 100 valence electrons. The van der Waals surface area contributed by atoms with Crippen molar-refractivity contribution in [2.75, 3.05) is 13.7 Å². The molecule has 2 unspecified atom stereocenters. The maximum atomic E-state index is 11.7. The summed E-state index contributed by atoms with van der Waals surface area (Å²) >= 11 is 0. The van der Waals surface area contributed by atoms with Crippen molar-refractivity contribution in [1.29, 1.82) is 0 Å². The van der Waals surface area contributed by atoms with Crippen LogP contribution < -0.4 is 10.6 Å². The van der Waals surface area contributed by atoms with E-state index in [0.29, 0.717) is 6.42 Å². The summed E-state index contributed by atoms with van der Waals surface area (Å²) in [6.45, 7) is 7.02. The first-order valence-corrected chi connectivity index (χ1v) is 6.49. The Balaban J connectivity index is 2.21. The minimum Gasteiger partial charge on any atom is -0.379 e. The van der Waals surface area contributed by atoms with Crippen LogP contribution in [0.4, 0.5) is 0 Å². The summed E-state index contributed by atoms with van der Waals surface area (Å²) in [5.41, 5.74) is 0.0721. The Labute approximate surface area is 104 Å². The molecule has 0 spiro atoms. The highest BCUT2D eigenvalue weighted by Crippen LogP contribution is 2.21. The molecular formula is C13H26N2O2. The third kappa shape index (κ3) is 5.50. The van der Waals surface area contributed by atoms with Crippen LogP contribution in [-0.2, 0) is 9.53 Å². The predicted molar refractivity (Wildman–Crippen MR) is 69.0 cm³/mol. The fourth-order valence-corrected chi connectivity index (χ4v) is 2.20. The van der Waals surface area contributed by atoms with Crippen LogP contribution in [0.15, 0.2) is 0 Å². The van der Waals surface area contributed by atoms with Crippen LogP contribution >= 0.6 is 0 Å². The molecule has 4 heteroatoms. The van der Waals surface area contributed by atoms with Gasteiger partial charge in [-0.25, -0.2) is 0 Å². The first kappa shape index (κ1) is 14.5. The molecule has 2 atom stereocenters. The molecule has 1 rings (SSSR count). The van der Waals surface area contributed by atoms with Gasteiger partial charge in [-0.3, -0.25) is 4.79 Å². The number of nitrogens with one attached hydrogen (secondary N) is 2. The lowest BCUT2D eigenvalue weighted by Crippen LogP contribution is -2.43. The number of hydrogen-bond acceptors (Lipinski definition) is 3. The number of ether oxygens (including phenoxy) is 1. The van der Waals surface area contributed by atoms with Gasteiger partial charge in [-0.2, -0.15) is 0 Å². The van der Waals surface area contributed by atoms with Crippen molar-refractivity contribution in [1.82, 2.24) is 10.6 Å². The van der Waals surface area contributed by atoms with Crippen LogP contribution in [0.2, 0.25) is 0 Å². The van der Waals surface area contributed by atoms with Crippen LogP contribution in [0.3, 0.4) is 0 Å². The summed E-state index contributed by atoms with van der Waals surface area (Å²) in [7, 11) is 1.72. The monoisotopic (exact) mass is 242 g/mol. The van der Waals surface area contributed by atoms with Gasteiger partial charge in [0.25, 0.3) is 0 Å². The second kappa shape index (κ2) is 6.36. The van der Waals surface area contributed by atoms with Crippen molar-refractivity contribution < 1.29 is 9.53 Å². The second-order valence-corrected chi connectivity index (χ2v) is 5.81.